The fourth-order valence-corrected chi connectivity index (χ4v) is 1.15. The monoisotopic (exact) mass is 201 g/mol. The molecule has 0 aromatic heterocycles. The number of piperidine rings is 1. The summed E-state index contributed by atoms with van der Waals surface area (Å²) in [6.07, 6.45) is -0.525. The number of halogens is 4. The molecule has 0 bridgehead atoms. The van der Waals surface area contributed by atoms with Crippen molar-refractivity contribution in [3.8, 4) is 0 Å². The molecule has 1 fully saturated rings. The highest BCUT2D eigenvalue weighted by atomic mass is 19.4. The van der Waals surface area contributed by atoms with Crippen LogP contribution in [0.15, 0.2) is 0 Å². The van der Waals surface area contributed by atoms with Gasteiger partial charge in [-0.15, -0.1) is 0 Å². The van der Waals surface area contributed by atoms with E-state index in [0.717, 1.165) is 0 Å². The molecular weight excluding hydrogens is 194 g/mol. The van der Waals surface area contributed by atoms with Crippen molar-refractivity contribution in [2.24, 2.45) is 0 Å². The van der Waals surface area contributed by atoms with Gasteiger partial charge in [-0.1, -0.05) is 17.9 Å². The number of hydrogen-bond donors (Lipinski definition) is 1. The lowest BCUT2D eigenvalue weighted by molar-refractivity contribution is -0.383. The molecule has 13 heavy (non-hydrogen) atoms. The van der Waals surface area contributed by atoms with Crippen LogP contribution in [0.3, 0.4) is 0 Å². The van der Waals surface area contributed by atoms with Crippen LogP contribution < -0.4 is 5.32 Å². The van der Waals surface area contributed by atoms with E-state index in [4.69, 9.17) is 0 Å². The zero-order valence-electron chi connectivity index (χ0n) is 6.44. The van der Waals surface area contributed by atoms with Crippen molar-refractivity contribution in [3.63, 3.8) is 0 Å². The number of nitrogens with one attached hydrogen (secondary N) is 1. The van der Waals surface area contributed by atoms with E-state index in [9.17, 15) is 22.7 Å². The smallest absolute Gasteiger partial charge is 0.268 e. The summed E-state index contributed by atoms with van der Waals surface area (Å²) in [5.74, 6) is -3.76. The van der Waals surface area contributed by atoms with Crippen LogP contribution in [-0.4, -0.2) is 22.4 Å². The molecular formula is C5H7F4N3O. The molecule has 0 atom stereocenters. The molecule has 1 amide bonds. The molecule has 0 aliphatic carbocycles. The Kier molecular flexibility index (Phi) is 2.71. The zero-order chi connectivity index (χ0) is 10.1. The SMILES string of the molecule is O=C1CCCC(N(F)F)(N(F)F)N1. The number of nitrogens with zero attached hydrogens (tertiary/aromatic N) is 2. The van der Waals surface area contributed by atoms with Crippen LogP contribution in [0.5, 0.6) is 0 Å². The van der Waals surface area contributed by atoms with E-state index in [2.05, 4.69) is 0 Å². The molecule has 0 radical (unpaired) electrons. The highest BCUT2D eigenvalue weighted by Crippen LogP contribution is 2.29. The Bertz CT molecular complexity index is 202. The lowest BCUT2D eigenvalue weighted by Crippen LogP contribution is -2.63. The van der Waals surface area contributed by atoms with Gasteiger partial charge < -0.3 is 5.32 Å². The normalized spacial score (nSPS) is 22.2. The second-order valence-corrected chi connectivity index (χ2v) is 2.68. The summed E-state index contributed by atoms with van der Waals surface area (Å²) >= 11 is 0. The Labute approximate surface area is 70.8 Å². The highest BCUT2D eigenvalue weighted by Gasteiger charge is 2.50. The van der Waals surface area contributed by atoms with E-state index in [0.29, 0.717) is 0 Å². The molecule has 1 aliphatic rings. The summed E-state index contributed by atoms with van der Waals surface area (Å²) in [7, 11) is 0. The van der Waals surface area contributed by atoms with Crippen molar-refractivity contribution in [2.75, 3.05) is 0 Å². The van der Waals surface area contributed by atoms with Crippen LogP contribution in [0, 0.1) is 0 Å². The third-order valence-electron chi connectivity index (χ3n) is 1.83. The van der Waals surface area contributed by atoms with E-state index in [1.54, 1.807) is 5.32 Å². The van der Waals surface area contributed by atoms with Gasteiger partial charge in [0.05, 0.1) is 10.7 Å². The molecule has 0 aromatic carbocycles. The van der Waals surface area contributed by atoms with Crippen LogP contribution in [0.1, 0.15) is 19.3 Å². The summed E-state index contributed by atoms with van der Waals surface area (Å²) in [6.45, 7) is 0. The first kappa shape index (κ1) is 10.2. The standard InChI is InChI=1S/C5H7F4N3O/c6-11(7)5(12(8)9)3-1-2-4(13)10-5/h1-3H2,(H,10,13). The molecule has 1 N–H and O–H groups in total. The van der Waals surface area contributed by atoms with Crippen molar-refractivity contribution >= 4 is 5.91 Å². The van der Waals surface area contributed by atoms with E-state index in [1.807, 2.05) is 0 Å². The Hall–Kier alpha value is -0.890. The van der Waals surface area contributed by atoms with Crippen LogP contribution in [0.2, 0.25) is 0 Å². The first-order valence-electron chi connectivity index (χ1n) is 3.53. The van der Waals surface area contributed by atoms with Crippen LogP contribution in [0.25, 0.3) is 0 Å². The molecule has 4 nitrogen and oxygen atoms in total. The fourth-order valence-electron chi connectivity index (χ4n) is 1.15. The van der Waals surface area contributed by atoms with E-state index < -0.39 is 28.8 Å². The van der Waals surface area contributed by atoms with Gasteiger partial charge in [0.15, 0.2) is 0 Å². The summed E-state index contributed by atoms with van der Waals surface area (Å²) in [5.41, 5.74) is 0. The van der Waals surface area contributed by atoms with E-state index in [-0.39, 0.29) is 12.8 Å². The van der Waals surface area contributed by atoms with Gasteiger partial charge in [-0.2, -0.15) is 0 Å². The maximum atomic E-state index is 12.1. The first-order valence-corrected chi connectivity index (χ1v) is 3.53. The molecule has 1 aliphatic heterocycles. The number of hydrogen-bond acceptors (Lipinski definition) is 3. The van der Waals surface area contributed by atoms with Gasteiger partial charge >= 0.3 is 0 Å². The Morgan fingerprint density at radius 2 is 1.77 bits per heavy atom. The molecule has 76 valence electrons. The molecule has 0 saturated carbocycles. The molecule has 8 heteroatoms. The summed E-state index contributed by atoms with van der Waals surface area (Å²) < 4.78 is 48.4. The molecule has 1 rings (SSSR count). The predicted molar refractivity (Wildman–Crippen MR) is 32.8 cm³/mol. The maximum absolute atomic E-state index is 12.1. The van der Waals surface area contributed by atoms with Gasteiger partial charge in [0.1, 0.15) is 0 Å². The second kappa shape index (κ2) is 3.46. The second-order valence-electron chi connectivity index (χ2n) is 2.68. The number of carbonyl (C=O) groups is 1. The van der Waals surface area contributed by atoms with E-state index in [1.165, 1.54) is 0 Å². The third kappa shape index (κ3) is 1.73. The number of amides is 1. The first-order chi connectivity index (χ1) is 5.99. The fraction of sp³-hybridized carbons (Fsp3) is 0.800. The van der Waals surface area contributed by atoms with Gasteiger partial charge in [0.2, 0.25) is 5.91 Å². The van der Waals surface area contributed by atoms with Gasteiger partial charge in [0.25, 0.3) is 5.79 Å². The van der Waals surface area contributed by atoms with Gasteiger partial charge in [-0.25, -0.2) is 0 Å². The molecule has 0 spiro atoms. The topological polar surface area (TPSA) is 35.6 Å². The molecule has 1 heterocycles. The maximum Gasteiger partial charge on any atom is 0.268 e. The summed E-state index contributed by atoms with van der Waals surface area (Å²) in [6, 6.07) is 0. The average Bonchev–Trinajstić information content (AvgIpc) is 2.03. The summed E-state index contributed by atoms with van der Waals surface area (Å²) in [4.78, 5) is 10.7. The van der Waals surface area contributed by atoms with Crippen LogP contribution >= 0.6 is 0 Å². The Morgan fingerprint density at radius 3 is 2.08 bits per heavy atom. The zero-order valence-corrected chi connectivity index (χ0v) is 6.44. The lowest BCUT2D eigenvalue weighted by atomic mass is 10.1. The van der Waals surface area contributed by atoms with Gasteiger partial charge in [-0.05, 0) is 6.42 Å². The van der Waals surface area contributed by atoms with Crippen molar-refractivity contribution < 1.29 is 22.7 Å². The van der Waals surface area contributed by atoms with Crippen molar-refractivity contribution in [1.82, 2.24) is 16.0 Å². The minimum atomic E-state index is -2.95. The number of carbonyl (C=O) groups excluding carboxylic acids is 1. The highest BCUT2D eigenvalue weighted by molar-refractivity contribution is 5.77. The largest absolute Gasteiger partial charge is 0.317 e. The summed E-state index contributed by atoms with van der Waals surface area (Å²) in [5, 5.41) is -1.84. The van der Waals surface area contributed by atoms with Crippen LogP contribution in [-0.2, 0) is 4.79 Å². The quantitative estimate of drug-likeness (QED) is 0.412. The van der Waals surface area contributed by atoms with E-state index >= 15 is 0 Å². The predicted octanol–water partition coefficient (Wildman–Crippen LogP) is 1.08. The minimum absolute atomic E-state index is 0.000509. The molecule has 0 aromatic rings. The minimum Gasteiger partial charge on any atom is -0.317 e. The average molecular weight is 201 g/mol. The lowest BCUT2D eigenvalue weighted by Gasteiger charge is -2.35. The van der Waals surface area contributed by atoms with Crippen molar-refractivity contribution in [3.05, 3.63) is 0 Å². The number of rotatable bonds is 2. The van der Waals surface area contributed by atoms with Crippen LogP contribution in [0.4, 0.5) is 17.9 Å². The molecule has 1 saturated heterocycles. The van der Waals surface area contributed by atoms with Crippen molar-refractivity contribution in [1.29, 1.82) is 0 Å². The van der Waals surface area contributed by atoms with Crippen molar-refractivity contribution in [2.45, 2.75) is 25.0 Å². The Balaban J connectivity index is 2.83. The van der Waals surface area contributed by atoms with Gasteiger partial charge in [0, 0.05) is 12.8 Å². The Morgan fingerprint density at radius 1 is 1.23 bits per heavy atom. The van der Waals surface area contributed by atoms with Gasteiger partial charge in [-0.3, -0.25) is 4.79 Å². The third-order valence-corrected chi connectivity index (χ3v) is 1.83. The molecule has 0 unspecified atom stereocenters.